The Kier molecular flexibility index (Phi) is 2.52. The van der Waals surface area contributed by atoms with Crippen LogP contribution in [0.25, 0.3) is 0 Å². The lowest BCUT2D eigenvalue weighted by Gasteiger charge is -2.20. The van der Waals surface area contributed by atoms with E-state index in [-0.39, 0.29) is 0 Å². The molecule has 2 heterocycles. The normalized spacial score (nSPS) is 19.3. The number of hydrogen-bond acceptors (Lipinski definition) is 4. The second-order valence-electron chi connectivity index (χ2n) is 4.61. The zero-order valence-corrected chi connectivity index (χ0v) is 9.71. The van der Waals surface area contributed by atoms with Crippen LogP contribution in [0.1, 0.15) is 36.8 Å². The second-order valence-corrected chi connectivity index (χ2v) is 4.61. The minimum Gasteiger partial charge on any atom is -0.367 e. The average Bonchev–Trinajstić information content (AvgIpc) is 3.13. The third-order valence-corrected chi connectivity index (χ3v) is 3.21. The molecular weight excluding hydrogens is 200 g/mol. The first-order valence-corrected chi connectivity index (χ1v) is 6.22. The Balaban J connectivity index is 1.97. The van der Waals surface area contributed by atoms with Gasteiger partial charge in [0.15, 0.2) is 0 Å². The lowest BCUT2D eigenvalue weighted by atomic mass is 10.1. The maximum absolute atomic E-state index is 4.63. The summed E-state index contributed by atoms with van der Waals surface area (Å²) in [5.74, 6) is 2.06. The molecule has 0 saturated heterocycles. The number of rotatable bonds is 3. The van der Waals surface area contributed by atoms with Crippen molar-refractivity contribution in [1.29, 1.82) is 0 Å². The summed E-state index contributed by atoms with van der Waals surface area (Å²) in [5, 5.41) is 6.92. The summed E-state index contributed by atoms with van der Waals surface area (Å²) in [7, 11) is 0. The molecular formula is C12H18N4. The Hall–Kier alpha value is -1.16. The van der Waals surface area contributed by atoms with Gasteiger partial charge in [-0.2, -0.15) is 0 Å². The summed E-state index contributed by atoms with van der Waals surface area (Å²) >= 11 is 0. The van der Waals surface area contributed by atoms with Crippen molar-refractivity contribution in [2.75, 3.05) is 11.9 Å². The van der Waals surface area contributed by atoms with Crippen LogP contribution in [0.2, 0.25) is 0 Å². The van der Waals surface area contributed by atoms with Gasteiger partial charge in [-0.25, -0.2) is 9.97 Å². The summed E-state index contributed by atoms with van der Waals surface area (Å²) in [5.41, 5.74) is 2.53. The summed E-state index contributed by atoms with van der Waals surface area (Å²) < 4.78 is 0. The van der Waals surface area contributed by atoms with Crippen molar-refractivity contribution in [3.8, 4) is 0 Å². The van der Waals surface area contributed by atoms with Crippen molar-refractivity contribution >= 4 is 5.82 Å². The molecule has 2 N–H and O–H groups in total. The highest BCUT2D eigenvalue weighted by molar-refractivity contribution is 5.49. The number of nitrogens with one attached hydrogen (secondary N) is 2. The summed E-state index contributed by atoms with van der Waals surface area (Å²) in [6.07, 6.45) is 4.52. The molecule has 4 nitrogen and oxygen atoms in total. The number of aryl methyl sites for hydroxylation is 1. The van der Waals surface area contributed by atoms with Gasteiger partial charge in [0.25, 0.3) is 0 Å². The van der Waals surface area contributed by atoms with Gasteiger partial charge in [0.2, 0.25) is 0 Å². The second kappa shape index (κ2) is 4.01. The minimum absolute atomic E-state index is 0.658. The van der Waals surface area contributed by atoms with Crippen molar-refractivity contribution in [3.05, 3.63) is 17.1 Å². The standard InChI is InChI=1S/C12H18N4/c1-2-11-15-10-5-6-13-7-9(10)12(16-11)14-8-3-4-8/h8,13H,2-7H2,1H3,(H,14,15,16). The van der Waals surface area contributed by atoms with E-state index in [1.54, 1.807) is 0 Å². The highest BCUT2D eigenvalue weighted by atomic mass is 15.1. The van der Waals surface area contributed by atoms with E-state index in [1.165, 1.54) is 24.1 Å². The van der Waals surface area contributed by atoms with E-state index in [2.05, 4.69) is 27.5 Å². The fourth-order valence-electron chi connectivity index (χ4n) is 2.09. The topological polar surface area (TPSA) is 49.8 Å². The van der Waals surface area contributed by atoms with Crippen LogP contribution < -0.4 is 10.6 Å². The predicted octanol–water partition coefficient (Wildman–Crippen LogP) is 1.26. The summed E-state index contributed by atoms with van der Waals surface area (Å²) in [6.45, 7) is 4.06. The van der Waals surface area contributed by atoms with Gasteiger partial charge in [-0.3, -0.25) is 0 Å². The predicted molar refractivity (Wildman–Crippen MR) is 63.5 cm³/mol. The molecule has 4 heteroatoms. The van der Waals surface area contributed by atoms with Crippen molar-refractivity contribution in [3.63, 3.8) is 0 Å². The fourth-order valence-corrected chi connectivity index (χ4v) is 2.09. The summed E-state index contributed by atoms with van der Waals surface area (Å²) in [4.78, 5) is 9.25. The van der Waals surface area contributed by atoms with Crippen LogP contribution in [0.15, 0.2) is 0 Å². The van der Waals surface area contributed by atoms with Crippen molar-refractivity contribution in [1.82, 2.24) is 15.3 Å². The van der Waals surface area contributed by atoms with Crippen LogP contribution in [0.4, 0.5) is 5.82 Å². The van der Waals surface area contributed by atoms with Crippen LogP contribution in [0, 0.1) is 0 Å². The third kappa shape index (κ3) is 1.89. The van der Waals surface area contributed by atoms with Crippen LogP contribution in [-0.4, -0.2) is 22.6 Å². The third-order valence-electron chi connectivity index (χ3n) is 3.21. The van der Waals surface area contributed by atoms with Gasteiger partial charge < -0.3 is 10.6 Å². The zero-order valence-electron chi connectivity index (χ0n) is 9.71. The van der Waals surface area contributed by atoms with Crippen LogP contribution in [0.3, 0.4) is 0 Å². The Bertz CT molecular complexity index is 398. The lowest BCUT2D eigenvalue weighted by molar-refractivity contribution is 0.621. The number of hydrogen-bond donors (Lipinski definition) is 2. The molecule has 86 valence electrons. The number of anilines is 1. The molecule has 0 bridgehead atoms. The molecule has 3 rings (SSSR count). The zero-order chi connectivity index (χ0) is 11.0. The van der Waals surface area contributed by atoms with Crippen molar-refractivity contribution in [2.45, 2.75) is 45.2 Å². The molecule has 1 saturated carbocycles. The molecule has 0 radical (unpaired) electrons. The summed E-state index contributed by atoms with van der Waals surface area (Å²) in [6, 6.07) is 0.658. The van der Waals surface area contributed by atoms with Crippen LogP contribution in [-0.2, 0) is 19.4 Å². The number of fused-ring (bicyclic) bond motifs is 1. The van der Waals surface area contributed by atoms with Crippen LogP contribution >= 0.6 is 0 Å². The minimum atomic E-state index is 0.658. The van der Waals surface area contributed by atoms with Gasteiger partial charge in [0.05, 0.1) is 5.69 Å². The fraction of sp³-hybridized carbons (Fsp3) is 0.667. The highest BCUT2D eigenvalue weighted by Crippen LogP contribution is 2.27. The molecule has 1 aliphatic heterocycles. The molecule has 0 aromatic carbocycles. The van der Waals surface area contributed by atoms with E-state index in [9.17, 15) is 0 Å². The number of aromatic nitrogens is 2. The molecule has 1 aromatic heterocycles. The van der Waals surface area contributed by atoms with Gasteiger partial charge in [-0.1, -0.05) is 6.92 Å². The average molecular weight is 218 g/mol. The molecule has 16 heavy (non-hydrogen) atoms. The van der Waals surface area contributed by atoms with E-state index in [0.29, 0.717) is 6.04 Å². The molecule has 2 aliphatic rings. The Morgan fingerprint density at radius 2 is 2.25 bits per heavy atom. The lowest BCUT2D eigenvalue weighted by Crippen LogP contribution is -2.27. The van der Waals surface area contributed by atoms with E-state index in [1.807, 2.05) is 0 Å². The van der Waals surface area contributed by atoms with E-state index in [4.69, 9.17) is 0 Å². The van der Waals surface area contributed by atoms with E-state index >= 15 is 0 Å². The van der Waals surface area contributed by atoms with Gasteiger partial charge in [-0.15, -0.1) is 0 Å². The first kappa shape index (κ1) is 10.0. The molecule has 1 aromatic rings. The molecule has 0 amide bonds. The largest absolute Gasteiger partial charge is 0.367 e. The van der Waals surface area contributed by atoms with E-state index < -0.39 is 0 Å². The Labute approximate surface area is 95.9 Å². The highest BCUT2D eigenvalue weighted by Gasteiger charge is 2.24. The van der Waals surface area contributed by atoms with Gasteiger partial charge in [0.1, 0.15) is 11.6 Å². The maximum Gasteiger partial charge on any atom is 0.134 e. The Morgan fingerprint density at radius 3 is 3.00 bits per heavy atom. The monoisotopic (exact) mass is 218 g/mol. The van der Waals surface area contributed by atoms with Gasteiger partial charge >= 0.3 is 0 Å². The Morgan fingerprint density at radius 1 is 1.38 bits per heavy atom. The van der Waals surface area contributed by atoms with Gasteiger partial charge in [0, 0.05) is 37.5 Å². The SMILES string of the molecule is CCc1nc2c(c(NC3CC3)n1)CNCC2. The van der Waals surface area contributed by atoms with Crippen LogP contribution in [0.5, 0.6) is 0 Å². The first-order valence-electron chi connectivity index (χ1n) is 6.22. The first-order chi connectivity index (χ1) is 7.86. The molecule has 1 fully saturated rings. The van der Waals surface area contributed by atoms with Crippen molar-refractivity contribution in [2.24, 2.45) is 0 Å². The molecule has 0 unspecified atom stereocenters. The molecule has 0 atom stereocenters. The quantitative estimate of drug-likeness (QED) is 0.802. The van der Waals surface area contributed by atoms with E-state index in [0.717, 1.165) is 37.6 Å². The molecule has 1 aliphatic carbocycles. The van der Waals surface area contributed by atoms with Gasteiger partial charge in [-0.05, 0) is 12.8 Å². The van der Waals surface area contributed by atoms with Crippen molar-refractivity contribution < 1.29 is 0 Å². The molecule has 0 spiro atoms. The number of nitrogens with zero attached hydrogens (tertiary/aromatic N) is 2. The smallest absolute Gasteiger partial charge is 0.134 e. The maximum atomic E-state index is 4.63.